The molecule has 3 heterocycles. The highest BCUT2D eigenvalue weighted by Crippen LogP contribution is 2.47. The number of aromatic amines is 1. The van der Waals surface area contributed by atoms with Crippen molar-refractivity contribution in [2.45, 2.75) is 49.7 Å². The topological polar surface area (TPSA) is 90.8 Å². The Kier molecular flexibility index (Phi) is 8.21. The molecule has 38 heavy (non-hydrogen) atoms. The van der Waals surface area contributed by atoms with Gasteiger partial charge in [-0.05, 0) is 44.0 Å². The van der Waals surface area contributed by atoms with Crippen molar-refractivity contribution in [3.63, 3.8) is 0 Å². The number of aryl methyl sites for hydroxylation is 1. The van der Waals surface area contributed by atoms with Gasteiger partial charge in [0.05, 0.1) is 45.3 Å². The summed E-state index contributed by atoms with van der Waals surface area (Å²) in [7, 11) is 3.27. The first-order chi connectivity index (χ1) is 18.5. The maximum atomic E-state index is 11.6. The molecule has 5 rings (SSSR count). The molecule has 0 saturated carbocycles. The van der Waals surface area contributed by atoms with Gasteiger partial charge in [-0.3, -0.25) is 9.89 Å². The van der Waals surface area contributed by atoms with Crippen molar-refractivity contribution in [3.8, 4) is 11.5 Å². The fraction of sp³-hybridized carbons (Fsp3) is 0.407. The fourth-order valence-electron chi connectivity index (χ4n) is 5.03. The molecule has 202 valence electrons. The van der Waals surface area contributed by atoms with Crippen molar-refractivity contribution in [1.29, 1.82) is 0 Å². The summed E-state index contributed by atoms with van der Waals surface area (Å²) in [6.07, 6.45) is 5.36. The van der Waals surface area contributed by atoms with E-state index < -0.39 is 6.10 Å². The molecular formula is C27H31ClN4O5S. The van der Waals surface area contributed by atoms with Crippen molar-refractivity contribution < 1.29 is 23.7 Å². The Labute approximate surface area is 231 Å². The average Bonchev–Trinajstić information content (AvgIpc) is 3.34. The summed E-state index contributed by atoms with van der Waals surface area (Å²) < 4.78 is 23.3. The van der Waals surface area contributed by atoms with Gasteiger partial charge in [-0.2, -0.15) is 0 Å². The van der Waals surface area contributed by atoms with Gasteiger partial charge in [-0.15, -0.1) is 5.10 Å². The van der Waals surface area contributed by atoms with Crippen LogP contribution in [-0.2, 0) is 20.8 Å². The van der Waals surface area contributed by atoms with E-state index in [1.807, 2.05) is 30.3 Å². The standard InChI is InChI=1S/C27H31ClN4O5S/c1-4-36-24(33)16-38-27-29-32(30-27)14-12-22-21-8-6-13-31(21)20-11-10-17(28)15-19(20)25(37-22)18-7-5-9-23(34-2)26(18)35-3/h5-7,9-11,13,15,21-22,25H,4,8,12,14,16H2,1-3H3,(H,29,30)/t21?,22?,25-/m1/s1. The minimum absolute atomic E-state index is 0.120. The summed E-state index contributed by atoms with van der Waals surface area (Å²) in [6.45, 7) is 2.80. The Morgan fingerprint density at radius 2 is 2.08 bits per heavy atom. The summed E-state index contributed by atoms with van der Waals surface area (Å²) in [5.74, 6) is 1.26. The molecule has 0 amide bonds. The zero-order valence-corrected chi connectivity index (χ0v) is 23.1. The molecule has 2 aliphatic heterocycles. The highest BCUT2D eigenvalue weighted by Gasteiger charge is 2.39. The molecule has 9 nitrogen and oxygen atoms in total. The van der Waals surface area contributed by atoms with Crippen molar-refractivity contribution in [3.05, 3.63) is 64.8 Å². The molecule has 1 aromatic heterocycles. The molecule has 1 N–H and O–H groups in total. The van der Waals surface area contributed by atoms with Crippen LogP contribution in [0.1, 0.15) is 37.0 Å². The minimum Gasteiger partial charge on any atom is -0.493 e. The number of nitrogens with one attached hydrogen (secondary N) is 1. The fourth-order valence-corrected chi connectivity index (χ4v) is 5.87. The molecule has 2 unspecified atom stereocenters. The summed E-state index contributed by atoms with van der Waals surface area (Å²) in [6, 6.07) is 11.9. The maximum absolute atomic E-state index is 11.6. The molecule has 11 heteroatoms. The molecule has 2 aliphatic rings. The van der Waals surface area contributed by atoms with E-state index in [9.17, 15) is 4.79 Å². The zero-order valence-electron chi connectivity index (χ0n) is 21.6. The van der Waals surface area contributed by atoms with Crippen LogP contribution in [0.3, 0.4) is 0 Å². The number of ether oxygens (including phenoxy) is 4. The third-order valence-electron chi connectivity index (χ3n) is 6.70. The first-order valence-electron chi connectivity index (χ1n) is 12.5. The molecule has 0 aliphatic carbocycles. The van der Waals surface area contributed by atoms with Gasteiger partial charge in [-0.1, -0.05) is 41.6 Å². The highest BCUT2D eigenvalue weighted by molar-refractivity contribution is 7.99. The van der Waals surface area contributed by atoms with E-state index in [1.54, 1.807) is 25.9 Å². The van der Waals surface area contributed by atoms with Crippen LogP contribution >= 0.6 is 23.4 Å². The van der Waals surface area contributed by atoms with Crippen molar-refractivity contribution in [2.24, 2.45) is 0 Å². The van der Waals surface area contributed by atoms with Gasteiger partial charge < -0.3 is 23.8 Å². The summed E-state index contributed by atoms with van der Waals surface area (Å²) in [4.78, 5) is 15.7. The van der Waals surface area contributed by atoms with Crippen LogP contribution in [0.4, 0.5) is 5.69 Å². The monoisotopic (exact) mass is 558 g/mol. The molecular weight excluding hydrogens is 528 g/mol. The zero-order chi connectivity index (χ0) is 26.6. The van der Waals surface area contributed by atoms with Crippen LogP contribution in [0.5, 0.6) is 11.5 Å². The Hall–Kier alpha value is -3.08. The van der Waals surface area contributed by atoms with Gasteiger partial charge in [0, 0.05) is 28.0 Å². The van der Waals surface area contributed by atoms with Crippen LogP contribution in [0.2, 0.25) is 5.02 Å². The van der Waals surface area contributed by atoms with Gasteiger partial charge in [0.25, 0.3) is 0 Å². The number of thioether (sulfide) groups is 1. The normalized spacial score (nSPS) is 20.1. The number of para-hydroxylation sites is 1. The van der Waals surface area contributed by atoms with Gasteiger partial charge >= 0.3 is 5.97 Å². The molecule has 0 saturated heterocycles. The smallest absolute Gasteiger partial charge is 0.316 e. The van der Waals surface area contributed by atoms with E-state index in [-0.39, 0.29) is 23.9 Å². The third-order valence-corrected chi connectivity index (χ3v) is 7.76. The number of nitrogens with zero attached hydrogens (tertiary/aromatic N) is 3. The number of hydrogen-bond donors (Lipinski definition) is 1. The second kappa shape index (κ2) is 11.8. The summed E-state index contributed by atoms with van der Waals surface area (Å²) in [5, 5.41) is 9.02. The van der Waals surface area contributed by atoms with Gasteiger partial charge in [0.15, 0.2) is 11.5 Å². The number of halogens is 1. The first-order valence-corrected chi connectivity index (χ1v) is 13.9. The quantitative estimate of drug-likeness (QED) is 0.268. The van der Waals surface area contributed by atoms with E-state index >= 15 is 0 Å². The predicted octanol–water partition coefficient (Wildman–Crippen LogP) is 5.21. The van der Waals surface area contributed by atoms with Crippen molar-refractivity contribution >= 4 is 35.0 Å². The molecule has 0 radical (unpaired) electrons. The van der Waals surface area contributed by atoms with E-state index in [1.165, 1.54) is 11.8 Å². The lowest BCUT2D eigenvalue weighted by atomic mass is 9.98. The third kappa shape index (κ3) is 5.39. The van der Waals surface area contributed by atoms with E-state index in [2.05, 4.69) is 33.4 Å². The maximum Gasteiger partial charge on any atom is 0.316 e. The second-order valence-corrected chi connectivity index (χ2v) is 10.4. The largest absolute Gasteiger partial charge is 0.493 e. The Bertz CT molecular complexity index is 1300. The molecule has 3 aromatic rings. The Morgan fingerprint density at radius 3 is 2.84 bits per heavy atom. The van der Waals surface area contributed by atoms with E-state index in [4.69, 9.17) is 30.5 Å². The lowest BCUT2D eigenvalue weighted by molar-refractivity contribution is -0.139. The average molecular weight is 559 g/mol. The van der Waals surface area contributed by atoms with Gasteiger partial charge in [0.2, 0.25) is 5.16 Å². The lowest BCUT2D eigenvalue weighted by Gasteiger charge is -2.31. The molecule has 0 bridgehead atoms. The number of carbonyl (C=O) groups excluding carboxylic acids is 1. The summed E-state index contributed by atoms with van der Waals surface area (Å²) in [5.41, 5.74) is 2.91. The van der Waals surface area contributed by atoms with Crippen LogP contribution < -0.4 is 14.4 Å². The number of hydrogen-bond acceptors (Lipinski definition) is 8. The molecule has 0 fully saturated rings. The Balaban J connectivity index is 1.40. The van der Waals surface area contributed by atoms with Crippen LogP contribution in [0.15, 0.2) is 53.8 Å². The van der Waals surface area contributed by atoms with Crippen LogP contribution in [0.25, 0.3) is 0 Å². The number of H-pyrrole nitrogens is 1. The number of methoxy groups -OCH3 is 2. The van der Waals surface area contributed by atoms with Crippen molar-refractivity contribution in [2.75, 3.05) is 31.5 Å². The number of carbonyl (C=O) groups is 1. The Morgan fingerprint density at radius 1 is 1.24 bits per heavy atom. The second-order valence-electron chi connectivity index (χ2n) is 8.96. The summed E-state index contributed by atoms with van der Waals surface area (Å²) >= 11 is 7.82. The number of anilines is 1. The van der Waals surface area contributed by atoms with Crippen LogP contribution in [0, 0.1) is 0 Å². The minimum atomic E-state index is -0.415. The SMILES string of the molecule is CCOC(=O)CSc1nn(CCC2O[C@H](c3cccc(OC)c3OC)c3cc(Cl)ccc3N3C=CCC23)[nH]1. The van der Waals surface area contributed by atoms with Crippen LogP contribution in [-0.4, -0.2) is 59.7 Å². The highest BCUT2D eigenvalue weighted by atomic mass is 35.5. The number of esters is 1. The van der Waals surface area contributed by atoms with Gasteiger partial charge in [-0.25, -0.2) is 4.80 Å². The van der Waals surface area contributed by atoms with Crippen molar-refractivity contribution in [1.82, 2.24) is 15.0 Å². The number of rotatable bonds is 10. The van der Waals surface area contributed by atoms with Gasteiger partial charge in [0.1, 0.15) is 6.10 Å². The number of aromatic nitrogens is 3. The molecule has 2 aromatic carbocycles. The lowest BCUT2D eigenvalue weighted by Crippen LogP contribution is -2.39. The number of benzene rings is 2. The molecule has 0 spiro atoms. The predicted molar refractivity (Wildman–Crippen MR) is 146 cm³/mol. The number of fused-ring (bicyclic) bond motifs is 3. The molecule has 3 atom stereocenters. The van der Waals surface area contributed by atoms with E-state index in [0.717, 1.165) is 29.7 Å². The van der Waals surface area contributed by atoms with E-state index in [0.29, 0.717) is 34.8 Å². The first kappa shape index (κ1) is 26.5.